The van der Waals surface area contributed by atoms with Crippen LogP contribution in [0.5, 0.6) is 0 Å². The summed E-state index contributed by atoms with van der Waals surface area (Å²) in [4.78, 5) is 42.9. The van der Waals surface area contributed by atoms with Crippen LogP contribution in [-0.2, 0) is 33.4 Å². The number of carbonyl (C=O) groups excluding carboxylic acids is 3. The Kier molecular flexibility index (Phi) is 6.81. The minimum atomic E-state index is -0.984. The predicted molar refractivity (Wildman–Crippen MR) is 111 cm³/mol. The van der Waals surface area contributed by atoms with E-state index < -0.39 is 11.5 Å². The smallest absolute Gasteiger partial charge is 0.307 e. The quantitative estimate of drug-likeness (QED) is 0.505. The number of nitrogens with zero attached hydrogens (tertiary/aromatic N) is 1. The predicted octanol–water partition coefficient (Wildman–Crippen LogP) is 3.20. The normalized spacial score (nSPS) is 23.5. The Morgan fingerprint density at radius 3 is 2.23 bits per heavy atom. The second-order valence-corrected chi connectivity index (χ2v) is 8.04. The largest absolute Gasteiger partial charge is 0.463 e. The molecule has 0 saturated heterocycles. The number of hydrogen-bond donors (Lipinski definition) is 0. The number of aryl methyl sites for hydroxylation is 2. The molecule has 8 heteroatoms. The van der Waals surface area contributed by atoms with Gasteiger partial charge in [0.05, 0.1) is 5.57 Å². The number of esters is 2. The van der Waals surface area contributed by atoms with E-state index in [-0.39, 0.29) is 24.8 Å². The van der Waals surface area contributed by atoms with E-state index in [0.29, 0.717) is 37.0 Å². The van der Waals surface area contributed by atoms with Crippen molar-refractivity contribution in [3.63, 3.8) is 0 Å². The molecule has 3 rings (SSSR count). The van der Waals surface area contributed by atoms with E-state index in [0.717, 1.165) is 16.7 Å². The zero-order chi connectivity index (χ0) is 22.8. The van der Waals surface area contributed by atoms with Crippen molar-refractivity contribution in [3.8, 4) is 0 Å². The van der Waals surface area contributed by atoms with Gasteiger partial charge in [0, 0.05) is 21.0 Å². The molecule has 1 spiro atoms. The van der Waals surface area contributed by atoms with Crippen LogP contribution < -0.4 is 0 Å². The fourth-order valence-electron chi connectivity index (χ4n) is 4.58. The fourth-order valence-corrected chi connectivity index (χ4v) is 4.58. The van der Waals surface area contributed by atoms with Gasteiger partial charge in [0.1, 0.15) is 17.4 Å². The van der Waals surface area contributed by atoms with E-state index in [4.69, 9.17) is 19.0 Å². The average molecular weight is 431 g/mol. The van der Waals surface area contributed by atoms with E-state index >= 15 is 0 Å². The first-order valence-electron chi connectivity index (χ1n) is 10.3. The highest BCUT2D eigenvalue weighted by Crippen LogP contribution is 2.50. The molecule has 1 aliphatic carbocycles. The summed E-state index contributed by atoms with van der Waals surface area (Å²) in [5.41, 5.74) is 1.86. The van der Waals surface area contributed by atoms with Crippen LogP contribution in [-0.4, -0.2) is 48.5 Å². The van der Waals surface area contributed by atoms with Gasteiger partial charge < -0.3 is 14.2 Å². The Hall–Kier alpha value is -2.71. The van der Waals surface area contributed by atoms with Gasteiger partial charge >= 0.3 is 11.9 Å². The Balaban J connectivity index is 2.14. The summed E-state index contributed by atoms with van der Waals surface area (Å²) < 4.78 is 16.2. The third-order valence-electron chi connectivity index (χ3n) is 5.81. The van der Waals surface area contributed by atoms with Crippen molar-refractivity contribution in [2.45, 2.75) is 65.0 Å². The highest BCUT2D eigenvalue weighted by atomic mass is 16.8. The lowest BCUT2D eigenvalue weighted by atomic mass is 9.78. The van der Waals surface area contributed by atoms with E-state index in [9.17, 15) is 14.4 Å². The molecule has 0 unspecified atom stereocenters. The zero-order valence-electron chi connectivity index (χ0n) is 18.6. The third kappa shape index (κ3) is 4.36. The summed E-state index contributed by atoms with van der Waals surface area (Å²) in [7, 11) is 1.47. The molecule has 1 fully saturated rings. The van der Waals surface area contributed by atoms with Crippen molar-refractivity contribution in [1.82, 2.24) is 5.06 Å². The number of hydrogen-bond acceptors (Lipinski definition) is 7. The lowest BCUT2D eigenvalue weighted by Gasteiger charge is -2.42. The van der Waals surface area contributed by atoms with E-state index in [2.05, 4.69) is 0 Å². The average Bonchev–Trinajstić information content (AvgIpc) is 2.89. The highest BCUT2D eigenvalue weighted by Gasteiger charge is 2.57. The number of carbonyl (C=O) groups is 3. The first-order chi connectivity index (χ1) is 14.7. The SMILES string of the molecule is COCON1C(=O)C(c2c(C)cccc2C)=C(OC(C)=O)C12CCC(OC(C)=O)CC2. The molecule has 1 aromatic rings. The van der Waals surface area contributed by atoms with Gasteiger partial charge in [-0.1, -0.05) is 18.2 Å². The second-order valence-electron chi connectivity index (χ2n) is 8.04. The van der Waals surface area contributed by atoms with E-state index in [1.165, 1.54) is 26.0 Å². The van der Waals surface area contributed by atoms with Crippen molar-refractivity contribution < 1.29 is 33.4 Å². The van der Waals surface area contributed by atoms with Crippen LogP contribution in [0, 0.1) is 13.8 Å². The lowest BCUT2D eigenvalue weighted by molar-refractivity contribution is -0.251. The number of rotatable bonds is 6. The number of ether oxygens (including phenoxy) is 3. The first-order valence-corrected chi connectivity index (χ1v) is 10.3. The maximum Gasteiger partial charge on any atom is 0.307 e. The molecule has 1 aliphatic heterocycles. The highest BCUT2D eigenvalue weighted by molar-refractivity contribution is 6.23. The monoisotopic (exact) mass is 431 g/mol. The standard InChI is InChI=1S/C23H29NO7/c1-14-7-6-8-15(2)19(14)20-21(31-17(4)26)23(24(22(20)27)29-13-28-5)11-9-18(10-12-23)30-16(3)25/h6-8,18H,9-13H2,1-5H3. The molecule has 0 radical (unpaired) electrons. The third-order valence-corrected chi connectivity index (χ3v) is 5.81. The molecule has 8 nitrogen and oxygen atoms in total. The van der Waals surface area contributed by atoms with Gasteiger partial charge in [-0.05, 0) is 56.2 Å². The number of methoxy groups -OCH3 is 1. The van der Waals surface area contributed by atoms with Crippen molar-refractivity contribution in [2.75, 3.05) is 13.9 Å². The molecule has 0 bridgehead atoms. The summed E-state index contributed by atoms with van der Waals surface area (Å²) in [6.07, 6.45) is 1.58. The molecular weight excluding hydrogens is 402 g/mol. The Morgan fingerprint density at radius 2 is 1.71 bits per heavy atom. The summed E-state index contributed by atoms with van der Waals surface area (Å²) in [6, 6.07) is 5.74. The number of amides is 1. The van der Waals surface area contributed by atoms with Crippen molar-refractivity contribution in [1.29, 1.82) is 0 Å². The van der Waals surface area contributed by atoms with Crippen LogP contribution in [0.2, 0.25) is 0 Å². The van der Waals surface area contributed by atoms with Gasteiger partial charge in [0.25, 0.3) is 5.91 Å². The van der Waals surface area contributed by atoms with Gasteiger partial charge in [0.2, 0.25) is 0 Å². The molecule has 31 heavy (non-hydrogen) atoms. The summed E-state index contributed by atoms with van der Waals surface area (Å²) in [5.74, 6) is -0.944. The molecule has 1 saturated carbocycles. The minimum Gasteiger partial charge on any atom is -0.463 e. The number of hydroxylamine groups is 2. The van der Waals surface area contributed by atoms with E-state index in [1.54, 1.807) is 0 Å². The Morgan fingerprint density at radius 1 is 1.10 bits per heavy atom. The van der Waals surface area contributed by atoms with Crippen LogP contribution in [0.1, 0.15) is 56.2 Å². The van der Waals surface area contributed by atoms with Crippen LogP contribution in [0.3, 0.4) is 0 Å². The maximum absolute atomic E-state index is 13.7. The summed E-state index contributed by atoms with van der Waals surface area (Å²) in [5, 5.41) is 1.29. The summed E-state index contributed by atoms with van der Waals surface area (Å²) in [6.45, 7) is 6.39. The second kappa shape index (κ2) is 9.20. The van der Waals surface area contributed by atoms with Crippen LogP contribution in [0.15, 0.2) is 24.0 Å². The van der Waals surface area contributed by atoms with Crippen molar-refractivity contribution >= 4 is 23.4 Å². The minimum absolute atomic E-state index is 0.131. The zero-order valence-corrected chi connectivity index (χ0v) is 18.6. The molecule has 168 valence electrons. The Labute approximate surface area is 182 Å². The topological polar surface area (TPSA) is 91.4 Å². The van der Waals surface area contributed by atoms with Crippen LogP contribution in [0.25, 0.3) is 5.57 Å². The lowest BCUT2D eigenvalue weighted by Crippen LogP contribution is -2.52. The molecule has 1 amide bonds. The van der Waals surface area contributed by atoms with E-state index in [1.807, 2.05) is 32.0 Å². The van der Waals surface area contributed by atoms with Crippen molar-refractivity contribution in [3.05, 3.63) is 40.6 Å². The van der Waals surface area contributed by atoms with Crippen LogP contribution >= 0.6 is 0 Å². The van der Waals surface area contributed by atoms with Gasteiger partial charge in [0.15, 0.2) is 6.79 Å². The molecule has 2 aliphatic rings. The molecule has 0 aromatic heterocycles. The van der Waals surface area contributed by atoms with Crippen molar-refractivity contribution in [2.24, 2.45) is 0 Å². The van der Waals surface area contributed by atoms with Gasteiger partial charge in [-0.2, -0.15) is 0 Å². The van der Waals surface area contributed by atoms with Gasteiger partial charge in [-0.3, -0.25) is 14.4 Å². The maximum atomic E-state index is 13.7. The van der Waals surface area contributed by atoms with Gasteiger partial charge in [-0.15, -0.1) is 0 Å². The molecule has 1 aromatic carbocycles. The molecular formula is C23H29NO7. The summed E-state index contributed by atoms with van der Waals surface area (Å²) >= 11 is 0. The molecule has 1 heterocycles. The molecule has 0 N–H and O–H groups in total. The Bertz CT molecular complexity index is 892. The molecule has 0 atom stereocenters. The number of benzene rings is 1. The van der Waals surface area contributed by atoms with Crippen LogP contribution in [0.4, 0.5) is 0 Å². The fraction of sp³-hybridized carbons (Fsp3) is 0.522. The van der Waals surface area contributed by atoms with Gasteiger partial charge in [-0.25, -0.2) is 9.90 Å². The first kappa shape index (κ1) is 23.0.